The van der Waals surface area contributed by atoms with Crippen LogP contribution in [0.4, 0.5) is 5.69 Å². The number of hydrogen-bond acceptors (Lipinski definition) is 3. The lowest BCUT2D eigenvalue weighted by Crippen LogP contribution is -2.20. The van der Waals surface area contributed by atoms with Crippen LogP contribution in [-0.4, -0.2) is 11.9 Å². The fourth-order valence-corrected chi connectivity index (χ4v) is 1.20. The van der Waals surface area contributed by atoms with Gasteiger partial charge in [-0.05, 0) is 37.1 Å². The Bertz CT molecular complexity index is 450. The standard InChI is InChI=1S/C12H13NO3/c1-8-4-3-5-10(9(8)2)13-11(14)6-7-12(15)16/h3-7H,1-2H3,(H,13,14)(H,15,16)/p-1. The van der Waals surface area contributed by atoms with Gasteiger partial charge in [-0.15, -0.1) is 0 Å². The second-order valence-electron chi connectivity index (χ2n) is 3.39. The average molecular weight is 218 g/mol. The number of aryl methyl sites for hydroxylation is 1. The molecule has 4 nitrogen and oxygen atoms in total. The van der Waals surface area contributed by atoms with E-state index in [1.807, 2.05) is 26.0 Å². The molecule has 16 heavy (non-hydrogen) atoms. The topological polar surface area (TPSA) is 69.2 Å². The number of anilines is 1. The van der Waals surface area contributed by atoms with Crippen LogP contribution in [0.3, 0.4) is 0 Å². The molecule has 0 saturated carbocycles. The Kier molecular flexibility index (Phi) is 3.83. The van der Waals surface area contributed by atoms with Crippen molar-refractivity contribution < 1.29 is 14.7 Å². The third-order valence-corrected chi connectivity index (χ3v) is 2.23. The van der Waals surface area contributed by atoms with E-state index in [2.05, 4.69) is 5.32 Å². The van der Waals surface area contributed by atoms with Gasteiger partial charge < -0.3 is 15.2 Å². The molecular weight excluding hydrogens is 206 g/mol. The fourth-order valence-electron chi connectivity index (χ4n) is 1.20. The Balaban J connectivity index is 2.78. The highest BCUT2D eigenvalue weighted by atomic mass is 16.4. The van der Waals surface area contributed by atoms with Crippen LogP contribution >= 0.6 is 0 Å². The van der Waals surface area contributed by atoms with E-state index in [0.717, 1.165) is 17.2 Å². The normalized spacial score (nSPS) is 10.4. The first-order valence-electron chi connectivity index (χ1n) is 4.77. The molecule has 1 aromatic carbocycles. The molecule has 0 bridgehead atoms. The molecule has 0 heterocycles. The molecule has 84 valence electrons. The van der Waals surface area contributed by atoms with Crippen molar-refractivity contribution in [3.8, 4) is 0 Å². The average Bonchev–Trinajstić information content (AvgIpc) is 2.22. The Morgan fingerprint density at radius 3 is 2.56 bits per heavy atom. The van der Waals surface area contributed by atoms with Gasteiger partial charge in [-0.25, -0.2) is 0 Å². The van der Waals surface area contributed by atoms with E-state index < -0.39 is 11.9 Å². The second-order valence-corrected chi connectivity index (χ2v) is 3.39. The van der Waals surface area contributed by atoms with E-state index >= 15 is 0 Å². The van der Waals surface area contributed by atoms with Gasteiger partial charge in [-0.3, -0.25) is 4.79 Å². The van der Waals surface area contributed by atoms with Gasteiger partial charge >= 0.3 is 0 Å². The van der Waals surface area contributed by atoms with Crippen LogP contribution in [0, 0.1) is 13.8 Å². The quantitative estimate of drug-likeness (QED) is 0.753. The number of aliphatic carboxylic acids is 1. The summed E-state index contributed by atoms with van der Waals surface area (Å²) in [7, 11) is 0. The van der Waals surface area contributed by atoms with Crippen molar-refractivity contribution in [3.05, 3.63) is 41.5 Å². The van der Waals surface area contributed by atoms with E-state index in [-0.39, 0.29) is 0 Å². The van der Waals surface area contributed by atoms with E-state index in [1.165, 1.54) is 0 Å². The molecule has 0 fully saturated rings. The van der Waals surface area contributed by atoms with Crippen molar-refractivity contribution in [2.24, 2.45) is 0 Å². The summed E-state index contributed by atoms with van der Waals surface area (Å²) in [4.78, 5) is 21.4. The van der Waals surface area contributed by atoms with Gasteiger partial charge in [0.1, 0.15) is 0 Å². The third-order valence-electron chi connectivity index (χ3n) is 2.23. The summed E-state index contributed by atoms with van der Waals surface area (Å²) in [6.07, 6.45) is 1.62. The van der Waals surface area contributed by atoms with Crippen molar-refractivity contribution in [3.63, 3.8) is 0 Å². The number of amides is 1. The highest BCUT2D eigenvalue weighted by molar-refractivity contribution is 6.02. The van der Waals surface area contributed by atoms with Crippen LogP contribution in [-0.2, 0) is 9.59 Å². The predicted molar refractivity (Wildman–Crippen MR) is 58.7 cm³/mol. The molecule has 0 spiro atoms. The molecule has 0 radical (unpaired) electrons. The lowest BCUT2D eigenvalue weighted by atomic mass is 10.1. The number of nitrogens with one attached hydrogen (secondary N) is 1. The zero-order chi connectivity index (χ0) is 12.1. The van der Waals surface area contributed by atoms with E-state index in [1.54, 1.807) is 6.07 Å². The van der Waals surface area contributed by atoms with Gasteiger partial charge in [-0.1, -0.05) is 12.1 Å². The molecule has 0 aromatic heterocycles. The van der Waals surface area contributed by atoms with Crippen molar-refractivity contribution in [1.29, 1.82) is 0 Å². The number of carbonyl (C=O) groups is 2. The van der Waals surface area contributed by atoms with Crippen LogP contribution in [0.1, 0.15) is 11.1 Å². The van der Waals surface area contributed by atoms with Gasteiger partial charge in [0.2, 0.25) is 5.91 Å². The molecule has 4 heteroatoms. The molecule has 0 unspecified atom stereocenters. The molecule has 1 aromatic rings. The van der Waals surface area contributed by atoms with Crippen LogP contribution in [0.2, 0.25) is 0 Å². The molecule has 0 aliphatic heterocycles. The van der Waals surface area contributed by atoms with Gasteiger partial charge in [-0.2, -0.15) is 0 Å². The molecular formula is C12H12NO3-. The molecule has 0 aliphatic carbocycles. The number of carboxylic acid groups (broad SMARTS) is 1. The summed E-state index contributed by atoms with van der Waals surface area (Å²) in [5.41, 5.74) is 2.69. The van der Waals surface area contributed by atoms with Gasteiger partial charge in [0.25, 0.3) is 0 Å². The lowest BCUT2D eigenvalue weighted by molar-refractivity contribution is -0.297. The smallest absolute Gasteiger partial charge is 0.248 e. The minimum absolute atomic E-state index is 0.488. The van der Waals surface area contributed by atoms with Gasteiger partial charge in [0, 0.05) is 11.8 Å². The number of benzene rings is 1. The summed E-state index contributed by atoms with van der Waals surface area (Å²) in [5.74, 6) is -1.88. The first kappa shape index (κ1) is 12.0. The molecule has 0 aliphatic rings. The second kappa shape index (κ2) is 5.11. The minimum atomic E-state index is -1.39. The lowest BCUT2D eigenvalue weighted by Gasteiger charge is -2.08. The molecule has 0 saturated heterocycles. The van der Waals surface area contributed by atoms with Crippen molar-refractivity contribution >= 4 is 17.6 Å². The maximum atomic E-state index is 11.3. The van der Waals surface area contributed by atoms with E-state index in [4.69, 9.17) is 0 Å². The summed E-state index contributed by atoms with van der Waals surface area (Å²) in [6.45, 7) is 3.81. The Labute approximate surface area is 93.6 Å². The Hall–Kier alpha value is -2.10. The number of rotatable bonds is 3. The maximum Gasteiger partial charge on any atom is 0.248 e. The highest BCUT2D eigenvalue weighted by Crippen LogP contribution is 2.17. The number of hydrogen-bond donors (Lipinski definition) is 1. The van der Waals surface area contributed by atoms with Crippen LogP contribution < -0.4 is 10.4 Å². The predicted octanol–water partition coefficient (Wildman–Crippen LogP) is 0.548. The Morgan fingerprint density at radius 2 is 1.94 bits per heavy atom. The summed E-state index contributed by atoms with van der Waals surface area (Å²) in [5, 5.41) is 12.7. The monoisotopic (exact) mass is 218 g/mol. The van der Waals surface area contributed by atoms with E-state index in [9.17, 15) is 14.7 Å². The molecule has 0 atom stereocenters. The summed E-state index contributed by atoms with van der Waals surface area (Å²) in [6, 6.07) is 5.51. The van der Waals surface area contributed by atoms with E-state index in [0.29, 0.717) is 11.8 Å². The summed E-state index contributed by atoms with van der Waals surface area (Å²) < 4.78 is 0. The number of carbonyl (C=O) groups excluding carboxylic acids is 2. The molecule has 1 N–H and O–H groups in total. The number of carboxylic acids is 1. The zero-order valence-electron chi connectivity index (χ0n) is 9.11. The van der Waals surface area contributed by atoms with Gasteiger partial charge in [0.05, 0.1) is 5.97 Å². The van der Waals surface area contributed by atoms with Crippen LogP contribution in [0.25, 0.3) is 0 Å². The molecule has 1 amide bonds. The SMILES string of the molecule is Cc1cccc(NC(=O)C=CC(=O)[O-])c1C. The fraction of sp³-hybridized carbons (Fsp3) is 0.167. The van der Waals surface area contributed by atoms with Gasteiger partial charge in [0.15, 0.2) is 0 Å². The zero-order valence-corrected chi connectivity index (χ0v) is 9.11. The van der Waals surface area contributed by atoms with Crippen molar-refractivity contribution in [1.82, 2.24) is 0 Å². The summed E-state index contributed by atoms with van der Waals surface area (Å²) >= 11 is 0. The first-order valence-corrected chi connectivity index (χ1v) is 4.77. The third kappa shape index (κ3) is 3.24. The maximum absolute atomic E-state index is 11.3. The van der Waals surface area contributed by atoms with Crippen LogP contribution in [0.5, 0.6) is 0 Å². The van der Waals surface area contributed by atoms with Crippen molar-refractivity contribution in [2.75, 3.05) is 5.32 Å². The van der Waals surface area contributed by atoms with Crippen LogP contribution in [0.15, 0.2) is 30.4 Å². The Morgan fingerprint density at radius 1 is 1.25 bits per heavy atom. The van der Waals surface area contributed by atoms with Crippen molar-refractivity contribution in [2.45, 2.75) is 13.8 Å². The minimum Gasteiger partial charge on any atom is -0.545 e. The first-order chi connectivity index (χ1) is 7.50. The molecule has 1 rings (SSSR count). The highest BCUT2D eigenvalue weighted by Gasteiger charge is 2.02. The largest absolute Gasteiger partial charge is 0.545 e.